The van der Waals surface area contributed by atoms with Crippen LogP contribution in [-0.2, 0) is 22.6 Å². The zero-order valence-electron chi connectivity index (χ0n) is 16.6. The summed E-state index contributed by atoms with van der Waals surface area (Å²) >= 11 is 0. The topological polar surface area (TPSA) is 43.9 Å². The maximum absolute atomic E-state index is 12.8. The van der Waals surface area contributed by atoms with Crippen molar-refractivity contribution >= 4 is 17.5 Å². The lowest BCUT2D eigenvalue weighted by Crippen LogP contribution is -2.54. The van der Waals surface area contributed by atoms with Gasteiger partial charge in [0.1, 0.15) is 0 Å². The van der Waals surface area contributed by atoms with Gasteiger partial charge in [0.15, 0.2) is 0 Å². The number of hydrogen-bond acceptors (Lipinski definition) is 3. The molecule has 28 heavy (non-hydrogen) atoms. The van der Waals surface area contributed by atoms with E-state index in [4.69, 9.17) is 0 Å². The Hall–Kier alpha value is -2.82. The van der Waals surface area contributed by atoms with Crippen LogP contribution in [0.5, 0.6) is 0 Å². The molecule has 2 aromatic carbocycles. The molecular weight excluding hydrogens is 350 g/mol. The van der Waals surface area contributed by atoms with Gasteiger partial charge in [0.25, 0.3) is 0 Å². The Morgan fingerprint density at radius 3 is 2.18 bits per heavy atom. The summed E-state index contributed by atoms with van der Waals surface area (Å²) in [7, 11) is 0. The van der Waals surface area contributed by atoms with Crippen LogP contribution in [0.1, 0.15) is 22.3 Å². The third-order valence-electron chi connectivity index (χ3n) is 6.08. The Morgan fingerprint density at radius 2 is 1.43 bits per heavy atom. The van der Waals surface area contributed by atoms with Crippen molar-refractivity contribution in [1.29, 1.82) is 0 Å². The highest BCUT2D eigenvalue weighted by Crippen LogP contribution is 2.24. The first-order valence-electron chi connectivity index (χ1n) is 10.0. The van der Waals surface area contributed by atoms with Crippen molar-refractivity contribution in [2.24, 2.45) is 0 Å². The number of fused-ring (bicyclic) bond motifs is 1. The molecule has 0 N–H and O–H groups in total. The molecule has 0 atom stereocenters. The van der Waals surface area contributed by atoms with Crippen LogP contribution in [0.2, 0.25) is 0 Å². The van der Waals surface area contributed by atoms with E-state index in [0.717, 1.165) is 25.1 Å². The van der Waals surface area contributed by atoms with Crippen LogP contribution in [-0.4, -0.2) is 54.3 Å². The van der Waals surface area contributed by atoms with Gasteiger partial charge in [0.05, 0.1) is 0 Å². The number of aryl methyl sites for hydroxylation is 1. The van der Waals surface area contributed by atoms with Crippen molar-refractivity contribution in [3.63, 3.8) is 0 Å². The molecule has 0 spiro atoms. The Kier molecular flexibility index (Phi) is 5.07. The first-order valence-corrected chi connectivity index (χ1v) is 10.0. The molecule has 0 radical (unpaired) electrons. The fourth-order valence-electron chi connectivity index (χ4n) is 4.17. The van der Waals surface area contributed by atoms with E-state index < -0.39 is 0 Å². The highest BCUT2D eigenvalue weighted by Gasteiger charge is 2.31. The van der Waals surface area contributed by atoms with Crippen LogP contribution in [0.25, 0.3) is 0 Å². The highest BCUT2D eigenvalue weighted by atomic mass is 16.2. The molecule has 146 valence electrons. The van der Waals surface area contributed by atoms with Gasteiger partial charge in [-0.15, -0.1) is 0 Å². The van der Waals surface area contributed by atoms with E-state index >= 15 is 0 Å². The second-order valence-electron chi connectivity index (χ2n) is 7.74. The lowest BCUT2D eigenvalue weighted by atomic mass is 10.00. The van der Waals surface area contributed by atoms with Gasteiger partial charge in [0, 0.05) is 45.0 Å². The summed E-state index contributed by atoms with van der Waals surface area (Å²) in [6, 6.07) is 14.5. The summed E-state index contributed by atoms with van der Waals surface area (Å²) in [5.74, 6) is -0.727. The summed E-state index contributed by atoms with van der Waals surface area (Å²) in [5, 5.41) is 0. The van der Waals surface area contributed by atoms with Crippen LogP contribution in [0.4, 0.5) is 5.69 Å². The summed E-state index contributed by atoms with van der Waals surface area (Å²) in [5.41, 5.74) is 6.21. The van der Waals surface area contributed by atoms with Crippen molar-refractivity contribution in [2.45, 2.75) is 26.8 Å². The van der Waals surface area contributed by atoms with Crippen molar-refractivity contribution in [2.75, 3.05) is 37.6 Å². The van der Waals surface area contributed by atoms with E-state index in [2.05, 4.69) is 43.0 Å². The van der Waals surface area contributed by atoms with Crippen molar-refractivity contribution in [3.8, 4) is 0 Å². The summed E-state index contributed by atoms with van der Waals surface area (Å²) in [4.78, 5) is 31.3. The number of piperazine rings is 1. The minimum absolute atomic E-state index is 0.361. The van der Waals surface area contributed by atoms with Crippen molar-refractivity contribution in [1.82, 2.24) is 9.80 Å². The van der Waals surface area contributed by atoms with E-state index in [9.17, 15) is 9.59 Å². The van der Waals surface area contributed by atoms with E-state index in [1.165, 1.54) is 22.4 Å². The molecule has 2 aromatic rings. The fourth-order valence-corrected chi connectivity index (χ4v) is 4.17. The summed E-state index contributed by atoms with van der Waals surface area (Å²) in [6.07, 6.45) is 0.815. The molecule has 4 rings (SSSR count). The van der Waals surface area contributed by atoms with Gasteiger partial charge < -0.3 is 14.7 Å². The first-order chi connectivity index (χ1) is 13.5. The van der Waals surface area contributed by atoms with Gasteiger partial charge in [-0.25, -0.2) is 0 Å². The molecule has 2 aliphatic rings. The third-order valence-corrected chi connectivity index (χ3v) is 6.08. The van der Waals surface area contributed by atoms with Crippen LogP contribution >= 0.6 is 0 Å². The predicted molar refractivity (Wildman–Crippen MR) is 110 cm³/mol. The summed E-state index contributed by atoms with van der Waals surface area (Å²) < 4.78 is 0. The molecule has 0 bridgehead atoms. The third kappa shape index (κ3) is 3.49. The molecule has 0 aromatic heterocycles. The van der Waals surface area contributed by atoms with Crippen LogP contribution in [0.15, 0.2) is 42.5 Å². The lowest BCUT2D eigenvalue weighted by Gasteiger charge is -2.37. The number of carbonyl (C=O) groups is 2. The minimum atomic E-state index is -0.366. The fraction of sp³-hybridized carbons (Fsp3) is 0.391. The molecule has 0 unspecified atom stereocenters. The molecular formula is C23H27N3O2. The van der Waals surface area contributed by atoms with E-state index in [-0.39, 0.29) is 11.8 Å². The Labute approximate surface area is 166 Å². The molecule has 2 heterocycles. The molecule has 5 nitrogen and oxygen atoms in total. The second kappa shape index (κ2) is 7.66. The van der Waals surface area contributed by atoms with E-state index in [1.807, 2.05) is 18.2 Å². The van der Waals surface area contributed by atoms with Crippen LogP contribution in [0, 0.1) is 13.8 Å². The molecule has 0 aliphatic carbocycles. The second-order valence-corrected chi connectivity index (χ2v) is 7.74. The average Bonchev–Trinajstić information content (AvgIpc) is 2.74. The molecule has 1 fully saturated rings. The van der Waals surface area contributed by atoms with Crippen molar-refractivity contribution in [3.05, 3.63) is 64.7 Å². The van der Waals surface area contributed by atoms with Gasteiger partial charge in [-0.3, -0.25) is 9.59 Å². The molecule has 1 saturated heterocycles. The Morgan fingerprint density at radius 1 is 0.750 bits per heavy atom. The zero-order chi connectivity index (χ0) is 19.7. The number of amides is 2. The number of carbonyl (C=O) groups excluding carboxylic acids is 2. The highest BCUT2D eigenvalue weighted by molar-refractivity contribution is 6.34. The van der Waals surface area contributed by atoms with Gasteiger partial charge in [0.2, 0.25) is 0 Å². The SMILES string of the molecule is Cc1cccc(N2CCN(C(=O)C(=O)N3CCc4ccccc4C3)CC2)c1C. The lowest BCUT2D eigenvalue weighted by molar-refractivity contribution is -0.152. The number of hydrogen-bond donors (Lipinski definition) is 0. The van der Waals surface area contributed by atoms with Gasteiger partial charge in [-0.1, -0.05) is 36.4 Å². The van der Waals surface area contributed by atoms with Gasteiger partial charge in [-0.05, 0) is 48.6 Å². The smallest absolute Gasteiger partial charge is 0.312 e. The number of nitrogens with zero attached hydrogens (tertiary/aromatic N) is 3. The van der Waals surface area contributed by atoms with E-state index in [0.29, 0.717) is 26.2 Å². The maximum Gasteiger partial charge on any atom is 0.312 e. The monoisotopic (exact) mass is 377 g/mol. The molecule has 2 aliphatic heterocycles. The Bertz CT molecular complexity index is 900. The van der Waals surface area contributed by atoms with Crippen LogP contribution < -0.4 is 4.90 Å². The first kappa shape index (κ1) is 18.5. The van der Waals surface area contributed by atoms with Gasteiger partial charge in [-0.2, -0.15) is 0 Å². The zero-order valence-corrected chi connectivity index (χ0v) is 16.6. The Balaban J connectivity index is 1.38. The molecule has 2 amide bonds. The maximum atomic E-state index is 12.8. The van der Waals surface area contributed by atoms with Crippen molar-refractivity contribution < 1.29 is 9.59 Å². The number of benzene rings is 2. The standard InChI is InChI=1S/C23H27N3O2/c1-17-6-5-9-21(18(17)2)24-12-14-25(15-13-24)22(27)23(28)26-11-10-19-7-3-4-8-20(19)16-26/h3-9H,10-16H2,1-2H3. The van der Waals surface area contributed by atoms with E-state index in [1.54, 1.807) is 9.80 Å². The van der Waals surface area contributed by atoms with Gasteiger partial charge >= 0.3 is 11.8 Å². The number of anilines is 1. The predicted octanol–water partition coefficient (Wildman–Crippen LogP) is 2.54. The minimum Gasteiger partial charge on any atom is -0.368 e. The largest absolute Gasteiger partial charge is 0.368 e. The normalized spacial score (nSPS) is 16.7. The summed E-state index contributed by atoms with van der Waals surface area (Å²) in [6.45, 7) is 8.09. The number of rotatable bonds is 1. The quantitative estimate of drug-likeness (QED) is 0.718. The average molecular weight is 377 g/mol. The van der Waals surface area contributed by atoms with Crippen LogP contribution in [0.3, 0.4) is 0 Å². The molecule has 0 saturated carbocycles. The molecule has 5 heteroatoms.